The number of carbonyl (C=O) groups is 1. The molecule has 1 heterocycles. The Balaban J connectivity index is 2.69. The Morgan fingerprint density at radius 3 is 2.86 bits per heavy atom. The molecule has 4 heteroatoms. The summed E-state index contributed by atoms with van der Waals surface area (Å²) in [6.07, 6.45) is 0.841. The standard InChI is InChI=1S/C10H7BrO2S/c1-13-10-3-6-2-7(5-12)8(11)4-9(6)14-10/h2-5H,1H3. The second-order valence-corrected chi connectivity index (χ2v) is 4.70. The third-order valence-corrected chi connectivity index (χ3v) is 3.69. The van der Waals surface area contributed by atoms with Crippen LogP contribution < -0.4 is 4.74 Å². The van der Waals surface area contributed by atoms with Gasteiger partial charge in [-0.2, -0.15) is 0 Å². The second kappa shape index (κ2) is 3.71. The number of fused-ring (bicyclic) bond motifs is 1. The summed E-state index contributed by atoms with van der Waals surface area (Å²) in [7, 11) is 1.64. The van der Waals surface area contributed by atoms with E-state index in [1.165, 1.54) is 0 Å². The number of thiophene rings is 1. The molecule has 0 aliphatic rings. The minimum atomic E-state index is 0.665. The summed E-state index contributed by atoms with van der Waals surface area (Å²) in [5.74, 6) is 0. The molecule has 0 radical (unpaired) electrons. The lowest BCUT2D eigenvalue weighted by molar-refractivity contribution is 0.112. The van der Waals surface area contributed by atoms with Crippen molar-refractivity contribution < 1.29 is 9.53 Å². The molecule has 2 rings (SSSR count). The number of halogens is 1. The maximum absolute atomic E-state index is 10.7. The van der Waals surface area contributed by atoms with Crippen molar-refractivity contribution in [2.24, 2.45) is 0 Å². The van der Waals surface area contributed by atoms with Gasteiger partial charge in [0.15, 0.2) is 11.3 Å². The van der Waals surface area contributed by atoms with Gasteiger partial charge in [-0.1, -0.05) is 27.3 Å². The predicted octanol–water partition coefficient (Wildman–Crippen LogP) is 3.48. The van der Waals surface area contributed by atoms with Crippen molar-refractivity contribution in [3.05, 3.63) is 28.2 Å². The van der Waals surface area contributed by atoms with Gasteiger partial charge in [-0.3, -0.25) is 4.79 Å². The Bertz CT molecular complexity index is 490. The largest absolute Gasteiger partial charge is 0.487 e. The SMILES string of the molecule is COc1cc2cc(C=O)c(Br)cc2s1. The topological polar surface area (TPSA) is 26.3 Å². The van der Waals surface area contributed by atoms with Crippen molar-refractivity contribution in [3.8, 4) is 5.06 Å². The van der Waals surface area contributed by atoms with Gasteiger partial charge >= 0.3 is 0 Å². The third-order valence-electron chi connectivity index (χ3n) is 1.94. The molecule has 2 aromatic rings. The number of hydrogen-bond acceptors (Lipinski definition) is 3. The number of benzene rings is 1. The number of methoxy groups -OCH3 is 1. The highest BCUT2D eigenvalue weighted by Gasteiger charge is 2.05. The zero-order valence-corrected chi connectivity index (χ0v) is 9.81. The van der Waals surface area contributed by atoms with E-state index in [1.54, 1.807) is 18.4 Å². The van der Waals surface area contributed by atoms with Gasteiger partial charge in [-0.15, -0.1) is 0 Å². The number of rotatable bonds is 2. The number of hydrogen-bond donors (Lipinski definition) is 0. The first-order chi connectivity index (χ1) is 6.74. The highest BCUT2D eigenvalue weighted by molar-refractivity contribution is 9.10. The summed E-state index contributed by atoms with van der Waals surface area (Å²) in [4.78, 5) is 10.7. The molecule has 1 aromatic carbocycles. The predicted molar refractivity (Wildman–Crippen MR) is 61.5 cm³/mol. The Morgan fingerprint density at radius 1 is 1.43 bits per heavy atom. The fourth-order valence-electron chi connectivity index (χ4n) is 1.25. The molecular formula is C10H7BrO2S. The molecule has 1 aromatic heterocycles. The van der Waals surface area contributed by atoms with Crippen LogP contribution in [0.15, 0.2) is 22.7 Å². The lowest BCUT2D eigenvalue weighted by Gasteiger charge is -1.95. The van der Waals surface area contributed by atoms with Gasteiger partial charge in [0.1, 0.15) is 0 Å². The summed E-state index contributed by atoms with van der Waals surface area (Å²) >= 11 is 4.91. The van der Waals surface area contributed by atoms with Crippen molar-refractivity contribution in [2.75, 3.05) is 7.11 Å². The maximum atomic E-state index is 10.7. The number of carbonyl (C=O) groups excluding carboxylic acids is 1. The van der Waals surface area contributed by atoms with Gasteiger partial charge < -0.3 is 4.74 Å². The fourth-order valence-corrected chi connectivity index (χ4v) is 2.73. The summed E-state index contributed by atoms with van der Waals surface area (Å²) < 4.78 is 7.06. The first-order valence-electron chi connectivity index (χ1n) is 3.97. The van der Waals surface area contributed by atoms with Crippen LogP contribution in [0.1, 0.15) is 10.4 Å². The van der Waals surface area contributed by atoms with E-state index in [4.69, 9.17) is 4.74 Å². The zero-order chi connectivity index (χ0) is 10.1. The molecule has 72 valence electrons. The fraction of sp³-hybridized carbons (Fsp3) is 0.100. The molecule has 0 aliphatic carbocycles. The number of aldehydes is 1. The van der Waals surface area contributed by atoms with E-state index in [-0.39, 0.29) is 0 Å². The van der Waals surface area contributed by atoms with E-state index < -0.39 is 0 Å². The van der Waals surface area contributed by atoms with Gasteiger partial charge in [-0.05, 0) is 23.6 Å². The minimum Gasteiger partial charge on any atom is -0.487 e. The Labute approximate surface area is 93.6 Å². The first-order valence-corrected chi connectivity index (χ1v) is 5.58. The Hall–Kier alpha value is -0.870. The van der Waals surface area contributed by atoms with Crippen LogP contribution in [0.2, 0.25) is 0 Å². The molecule has 0 atom stereocenters. The van der Waals surface area contributed by atoms with E-state index in [0.717, 1.165) is 25.9 Å². The van der Waals surface area contributed by atoms with Crippen molar-refractivity contribution in [3.63, 3.8) is 0 Å². The monoisotopic (exact) mass is 270 g/mol. The third kappa shape index (κ3) is 1.55. The van der Waals surface area contributed by atoms with Crippen LogP contribution in [0.4, 0.5) is 0 Å². The van der Waals surface area contributed by atoms with Gasteiger partial charge in [-0.25, -0.2) is 0 Å². The first kappa shape index (κ1) is 9.68. The van der Waals surface area contributed by atoms with Crippen LogP contribution in [-0.2, 0) is 0 Å². The van der Waals surface area contributed by atoms with E-state index in [9.17, 15) is 4.79 Å². The van der Waals surface area contributed by atoms with Crippen LogP contribution in [-0.4, -0.2) is 13.4 Å². The van der Waals surface area contributed by atoms with E-state index in [1.807, 2.05) is 18.2 Å². The quantitative estimate of drug-likeness (QED) is 0.781. The van der Waals surface area contributed by atoms with E-state index in [2.05, 4.69) is 15.9 Å². The zero-order valence-electron chi connectivity index (χ0n) is 7.41. The molecule has 2 nitrogen and oxygen atoms in total. The van der Waals surface area contributed by atoms with E-state index in [0.29, 0.717) is 5.56 Å². The summed E-state index contributed by atoms with van der Waals surface area (Å²) in [5.41, 5.74) is 0.665. The van der Waals surface area contributed by atoms with Gasteiger partial charge in [0.05, 0.1) is 7.11 Å². The van der Waals surface area contributed by atoms with E-state index >= 15 is 0 Å². The van der Waals surface area contributed by atoms with Crippen molar-refractivity contribution in [1.82, 2.24) is 0 Å². The van der Waals surface area contributed by atoms with Gasteiger partial charge in [0.25, 0.3) is 0 Å². The smallest absolute Gasteiger partial charge is 0.174 e. The molecule has 14 heavy (non-hydrogen) atoms. The molecule has 0 spiro atoms. The van der Waals surface area contributed by atoms with Crippen molar-refractivity contribution in [2.45, 2.75) is 0 Å². The Morgan fingerprint density at radius 2 is 2.21 bits per heavy atom. The van der Waals surface area contributed by atoms with Crippen LogP contribution >= 0.6 is 27.3 Å². The van der Waals surface area contributed by atoms with Crippen LogP contribution in [0, 0.1) is 0 Å². The molecule has 0 saturated heterocycles. The van der Waals surface area contributed by atoms with Crippen molar-refractivity contribution in [1.29, 1.82) is 0 Å². The number of ether oxygens (including phenoxy) is 1. The Kier molecular flexibility index (Phi) is 2.56. The molecule has 0 unspecified atom stereocenters. The molecular weight excluding hydrogens is 264 g/mol. The molecule has 0 fully saturated rings. The lowest BCUT2D eigenvalue weighted by atomic mass is 10.2. The average molecular weight is 271 g/mol. The maximum Gasteiger partial charge on any atom is 0.174 e. The van der Waals surface area contributed by atoms with Crippen LogP contribution in [0.5, 0.6) is 5.06 Å². The highest BCUT2D eigenvalue weighted by atomic mass is 79.9. The highest BCUT2D eigenvalue weighted by Crippen LogP contribution is 2.34. The molecule has 0 amide bonds. The molecule has 0 saturated carbocycles. The minimum absolute atomic E-state index is 0.665. The normalized spacial score (nSPS) is 10.4. The van der Waals surface area contributed by atoms with Gasteiger partial charge in [0.2, 0.25) is 0 Å². The average Bonchev–Trinajstić information content (AvgIpc) is 2.58. The van der Waals surface area contributed by atoms with Crippen molar-refractivity contribution >= 4 is 43.6 Å². The molecule has 0 bridgehead atoms. The molecule has 0 aliphatic heterocycles. The van der Waals surface area contributed by atoms with Crippen LogP contribution in [0.25, 0.3) is 10.1 Å². The summed E-state index contributed by atoms with van der Waals surface area (Å²) in [6, 6.07) is 5.72. The molecule has 0 N–H and O–H groups in total. The summed E-state index contributed by atoms with van der Waals surface area (Å²) in [6.45, 7) is 0. The van der Waals surface area contributed by atoms with Crippen LogP contribution in [0.3, 0.4) is 0 Å². The van der Waals surface area contributed by atoms with Gasteiger partial charge in [0, 0.05) is 14.7 Å². The second-order valence-electron chi connectivity index (χ2n) is 2.80. The summed E-state index contributed by atoms with van der Waals surface area (Å²) in [5, 5.41) is 1.90. The lowest BCUT2D eigenvalue weighted by Crippen LogP contribution is -1.80.